The summed E-state index contributed by atoms with van der Waals surface area (Å²) in [7, 11) is 0. The van der Waals surface area contributed by atoms with Gasteiger partial charge in [-0.15, -0.1) is 0 Å². The van der Waals surface area contributed by atoms with Gasteiger partial charge in [-0.3, -0.25) is 4.90 Å². The molecular formula is C13H26N2O. The van der Waals surface area contributed by atoms with Crippen LogP contribution in [0.3, 0.4) is 0 Å². The summed E-state index contributed by atoms with van der Waals surface area (Å²) < 4.78 is 5.59. The Morgan fingerprint density at radius 1 is 1.31 bits per heavy atom. The summed E-state index contributed by atoms with van der Waals surface area (Å²) in [6.45, 7) is 9.00. The number of hydrogen-bond donors (Lipinski definition) is 1. The number of rotatable bonds is 4. The molecule has 2 unspecified atom stereocenters. The molecule has 3 heteroatoms. The molecule has 0 radical (unpaired) electrons. The maximum Gasteiger partial charge on any atom is 0.0621 e. The van der Waals surface area contributed by atoms with Crippen LogP contribution in [-0.4, -0.2) is 50.3 Å². The number of nitrogens with one attached hydrogen (secondary N) is 1. The number of ether oxygens (including phenoxy) is 1. The Hall–Kier alpha value is -0.120. The maximum absolute atomic E-state index is 5.59. The minimum atomic E-state index is 0.707. The molecule has 0 aromatic heterocycles. The number of hydrogen-bond acceptors (Lipinski definition) is 3. The van der Waals surface area contributed by atoms with Crippen LogP contribution in [0.1, 0.15) is 32.6 Å². The van der Waals surface area contributed by atoms with Crippen LogP contribution in [-0.2, 0) is 4.74 Å². The van der Waals surface area contributed by atoms with Crippen LogP contribution in [0.4, 0.5) is 0 Å². The highest BCUT2D eigenvalue weighted by Crippen LogP contribution is 2.21. The van der Waals surface area contributed by atoms with Crippen molar-refractivity contribution in [3.8, 4) is 0 Å². The van der Waals surface area contributed by atoms with E-state index in [-0.39, 0.29) is 0 Å². The van der Waals surface area contributed by atoms with Gasteiger partial charge in [0.1, 0.15) is 0 Å². The number of likely N-dealkylation sites (tertiary alicyclic amines) is 1. The molecule has 0 aliphatic carbocycles. The Balaban J connectivity index is 1.76. The van der Waals surface area contributed by atoms with Gasteiger partial charge < -0.3 is 10.1 Å². The molecule has 2 aliphatic rings. The first-order valence-corrected chi connectivity index (χ1v) is 6.92. The average Bonchev–Trinajstić information content (AvgIpc) is 2.38. The summed E-state index contributed by atoms with van der Waals surface area (Å²) in [5.74, 6) is 0.857. The fourth-order valence-electron chi connectivity index (χ4n) is 2.96. The highest BCUT2D eigenvalue weighted by molar-refractivity contribution is 4.81. The summed E-state index contributed by atoms with van der Waals surface area (Å²) in [6.07, 6.45) is 5.36. The molecule has 0 spiro atoms. The quantitative estimate of drug-likeness (QED) is 0.786. The standard InChI is InChI=1S/C13H26N2O/c1-2-14-9-12-5-3-7-15(10-12)13-6-4-8-16-11-13/h12-14H,2-11H2,1H3. The van der Waals surface area contributed by atoms with Crippen LogP contribution in [0.15, 0.2) is 0 Å². The molecule has 0 bridgehead atoms. The van der Waals surface area contributed by atoms with Crippen molar-refractivity contribution in [2.24, 2.45) is 5.92 Å². The number of nitrogens with zero attached hydrogens (tertiary/aromatic N) is 1. The maximum atomic E-state index is 5.59. The first kappa shape index (κ1) is 12.3. The van der Waals surface area contributed by atoms with E-state index in [1.54, 1.807) is 0 Å². The van der Waals surface area contributed by atoms with Crippen LogP contribution in [0, 0.1) is 5.92 Å². The van der Waals surface area contributed by atoms with E-state index in [4.69, 9.17) is 4.74 Å². The molecular weight excluding hydrogens is 200 g/mol. The SMILES string of the molecule is CCNCC1CCCN(C2CCCOC2)C1. The van der Waals surface area contributed by atoms with Gasteiger partial charge >= 0.3 is 0 Å². The van der Waals surface area contributed by atoms with Crippen molar-refractivity contribution in [1.82, 2.24) is 10.2 Å². The van der Waals surface area contributed by atoms with Crippen LogP contribution in [0.2, 0.25) is 0 Å². The van der Waals surface area contributed by atoms with Gasteiger partial charge in [0.05, 0.1) is 6.61 Å². The van der Waals surface area contributed by atoms with E-state index in [9.17, 15) is 0 Å². The third kappa shape index (κ3) is 3.44. The Kier molecular flexibility index (Phi) is 5.07. The van der Waals surface area contributed by atoms with Crippen molar-refractivity contribution in [2.75, 3.05) is 39.4 Å². The van der Waals surface area contributed by atoms with Gasteiger partial charge in [-0.1, -0.05) is 6.92 Å². The Labute approximate surface area is 99.5 Å². The fraction of sp³-hybridized carbons (Fsp3) is 1.00. The number of piperidine rings is 1. The Morgan fingerprint density at radius 2 is 2.25 bits per heavy atom. The molecule has 0 amide bonds. The van der Waals surface area contributed by atoms with Gasteiger partial charge in [0.25, 0.3) is 0 Å². The van der Waals surface area contributed by atoms with E-state index in [2.05, 4.69) is 17.1 Å². The second kappa shape index (κ2) is 6.58. The second-order valence-corrected chi connectivity index (χ2v) is 5.18. The van der Waals surface area contributed by atoms with Crippen LogP contribution in [0.5, 0.6) is 0 Å². The predicted octanol–water partition coefficient (Wildman–Crippen LogP) is 1.49. The molecule has 2 atom stereocenters. The fourth-order valence-corrected chi connectivity index (χ4v) is 2.96. The highest BCUT2D eigenvalue weighted by atomic mass is 16.5. The van der Waals surface area contributed by atoms with Gasteiger partial charge in [0.2, 0.25) is 0 Å². The van der Waals surface area contributed by atoms with Gasteiger partial charge in [0.15, 0.2) is 0 Å². The van der Waals surface area contributed by atoms with E-state index in [1.165, 1.54) is 45.3 Å². The van der Waals surface area contributed by atoms with Gasteiger partial charge in [-0.05, 0) is 51.2 Å². The van der Waals surface area contributed by atoms with E-state index in [0.717, 1.165) is 25.7 Å². The monoisotopic (exact) mass is 226 g/mol. The molecule has 0 saturated carbocycles. The largest absolute Gasteiger partial charge is 0.380 e. The smallest absolute Gasteiger partial charge is 0.0621 e. The van der Waals surface area contributed by atoms with E-state index < -0.39 is 0 Å². The van der Waals surface area contributed by atoms with Gasteiger partial charge in [-0.25, -0.2) is 0 Å². The third-order valence-corrected chi connectivity index (χ3v) is 3.89. The second-order valence-electron chi connectivity index (χ2n) is 5.18. The Morgan fingerprint density at radius 3 is 3.00 bits per heavy atom. The van der Waals surface area contributed by atoms with Gasteiger partial charge in [-0.2, -0.15) is 0 Å². The van der Waals surface area contributed by atoms with Crippen molar-refractivity contribution in [2.45, 2.75) is 38.6 Å². The molecule has 2 aliphatic heterocycles. The van der Waals surface area contributed by atoms with E-state index >= 15 is 0 Å². The minimum Gasteiger partial charge on any atom is -0.380 e. The minimum absolute atomic E-state index is 0.707. The first-order chi connectivity index (χ1) is 7.90. The molecule has 0 aromatic carbocycles. The molecule has 2 heterocycles. The normalized spacial score (nSPS) is 32.8. The lowest BCUT2D eigenvalue weighted by Gasteiger charge is -2.39. The lowest BCUT2D eigenvalue weighted by atomic mass is 9.95. The van der Waals surface area contributed by atoms with Crippen molar-refractivity contribution in [1.29, 1.82) is 0 Å². The first-order valence-electron chi connectivity index (χ1n) is 6.92. The van der Waals surface area contributed by atoms with Gasteiger partial charge in [0, 0.05) is 19.2 Å². The molecule has 16 heavy (non-hydrogen) atoms. The highest BCUT2D eigenvalue weighted by Gasteiger charge is 2.26. The zero-order chi connectivity index (χ0) is 11.2. The molecule has 94 valence electrons. The molecule has 2 fully saturated rings. The third-order valence-electron chi connectivity index (χ3n) is 3.89. The summed E-state index contributed by atoms with van der Waals surface area (Å²) in [6, 6.07) is 0.707. The summed E-state index contributed by atoms with van der Waals surface area (Å²) >= 11 is 0. The molecule has 3 nitrogen and oxygen atoms in total. The van der Waals surface area contributed by atoms with Crippen LogP contribution >= 0.6 is 0 Å². The molecule has 2 rings (SSSR count). The topological polar surface area (TPSA) is 24.5 Å². The molecule has 1 N–H and O–H groups in total. The molecule has 2 saturated heterocycles. The summed E-state index contributed by atoms with van der Waals surface area (Å²) in [4.78, 5) is 2.67. The summed E-state index contributed by atoms with van der Waals surface area (Å²) in [5.41, 5.74) is 0. The zero-order valence-corrected chi connectivity index (χ0v) is 10.6. The predicted molar refractivity (Wildman–Crippen MR) is 66.7 cm³/mol. The van der Waals surface area contributed by atoms with E-state index in [0.29, 0.717) is 6.04 Å². The lowest BCUT2D eigenvalue weighted by Crippen LogP contribution is -2.48. The van der Waals surface area contributed by atoms with E-state index in [1.807, 2.05) is 0 Å². The summed E-state index contributed by atoms with van der Waals surface area (Å²) in [5, 5.41) is 3.48. The van der Waals surface area contributed by atoms with Crippen LogP contribution in [0.25, 0.3) is 0 Å². The van der Waals surface area contributed by atoms with Crippen molar-refractivity contribution >= 4 is 0 Å². The zero-order valence-electron chi connectivity index (χ0n) is 10.6. The van der Waals surface area contributed by atoms with Crippen molar-refractivity contribution < 1.29 is 4.74 Å². The van der Waals surface area contributed by atoms with Crippen LogP contribution < -0.4 is 5.32 Å². The molecule has 0 aromatic rings. The van der Waals surface area contributed by atoms with Crippen molar-refractivity contribution in [3.05, 3.63) is 0 Å². The van der Waals surface area contributed by atoms with Crippen molar-refractivity contribution in [3.63, 3.8) is 0 Å². The lowest BCUT2D eigenvalue weighted by molar-refractivity contribution is 0.00183. The Bertz CT molecular complexity index is 192. The average molecular weight is 226 g/mol.